The average molecular weight is 211 g/mol. The second-order valence-electron chi connectivity index (χ2n) is 3.10. The Morgan fingerprint density at radius 3 is 1.87 bits per heavy atom. The Labute approximate surface area is 90.3 Å². The highest BCUT2D eigenvalue weighted by atomic mass is 16.7. The molecule has 0 aliphatic rings. The molecule has 0 spiro atoms. The number of allylic oxidation sites excluding steroid dienone is 4. The summed E-state index contributed by atoms with van der Waals surface area (Å²) >= 11 is 0. The first kappa shape index (κ1) is 13.5. The summed E-state index contributed by atoms with van der Waals surface area (Å²) in [6, 6.07) is 0. The Balaban J connectivity index is 4.82. The third kappa shape index (κ3) is 5.03. The summed E-state index contributed by atoms with van der Waals surface area (Å²) in [5, 5.41) is 0. The third-order valence-corrected chi connectivity index (χ3v) is 1.76. The molecular formula is C11H17NO3. The number of ether oxygens (including phenoxy) is 2. The van der Waals surface area contributed by atoms with E-state index < -0.39 is 5.91 Å². The molecule has 0 aliphatic carbocycles. The minimum Gasteiger partial charge on any atom is -0.439 e. The van der Waals surface area contributed by atoms with Crippen LogP contribution in [0.1, 0.15) is 34.6 Å². The maximum absolute atomic E-state index is 10.3. The molecule has 4 heteroatoms. The zero-order chi connectivity index (χ0) is 11.9. The largest absolute Gasteiger partial charge is 0.439 e. The van der Waals surface area contributed by atoms with Crippen molar-refractivity contribution in [2.75, 3.05) is 0 Å². The van der Waals surface area contributed by atoms with Crippen LogP contribution in [-0.4, -0.2) is 12.0 Å². The van der Waals surface area contributed by atoms with Gasteiger partial charge in [-0.15, -0.1) is 4.99 Å². The molecule has 0 aliphatic heterocycles. The molecule has 0 aromatic carbocycles. The predicted octanol–water partition coefficient (Wildman–Crippen LogP) is 2.88. The van der Waals surface area contributed by atoms with Crippen molar-refractivity contribution >= 4 is 6.08 Å². The second-order valence-corrected chi connectivity index (χ2v) is 3.10. The van der Waals surface area contributed by atoms with Crippen molar-refractivity contribution in [3.05, 3.63) is 23.7 Å². The fourth-order valence-electron chi connectivity index (χ4n) is 0.865. The van der Waals surface area contributed by atoms with Crippen LogP contribution in [0.4, 0.5) is 0 Å². The Kier molecular flexibility index (Phi) is 5.42. The molecule has 0 aromatic heterocycles. The van der Waals surface area contributed by atoms with Crippen LogP contribution in [0.5, 0.6) is 0 Å². The van der Waals surface area contributed by atoms with Gasteiger partial charge in [-0.05, 0) is 39.8 Å². The van der Waals surface area contributed by atoms with E-state index in [2.05, 4.69) is 4.99 Å². The van der Waals surface area contributed by atoms with E-state index in [9.17, 15) is 4.79 Å². The minimum absolute atomic E-state index is 0.625. The minimum atomic E-state index is -1.34. The highest BCUT2D eigenvalue weighted by Gasteiger charge is 2.28. The summed E-state index contributed by atoms with van der Waals surface area (Å²) in [6.07, 6.45) is 4.95. The Morgan fingerprint density at radius 1 is 1.20 bits per heavy atom. The molecule has 0 saturated carbocycles. The second kappa shape index (κ2) is 6.04. The molecule has 0 N–H and O–H groups in total. The smallest absolute Gasteiger partial charge is 0.362 e. The van der Waals surface area contributed by atoms with Crippen LogP contribution in [0.25, 0.3) is 0 Å². The number of nitrogens with zero attached hydrogens (tertiary/aromatic N) is 1. The number of aliphatic imine (C=N–C) groups is 1. The van der Waals surface area contributed by atoms with E-state index in [0.29, 0.717) is 11.5 Å². The van der Waals surface area contributed by atoms with Gasteiger partial charge in [0.1, 0.15) is 0 Å². The molecule has 0 bridgehead atoms. The van der Waals surface area contributed by atoms with Gasteiger partial charge < -0.3 is 9.47 Å². The van der Waals surface area contributed by atoms with E-state index in [0.717, 1.165) is 0 Å². The first-order chi connectivity index (χ1) is 6.97. The van der Waals surface area contributed by atoms with Gasteiger partial charge in [-0.3, -0.25) is 0 Å². The Hall–Kier alpha value is -1.54. The molecule has 0 aromatic rings. The van der Waals surface area contributed by atoms with Gasteiger partial charge in [-0.2, -0.15) is 0 Å². The molecule has 4 nitrogen and oxygen atoms in total. The van der Waals surface area contributed by atoms with E-state index >= 15 is 0 Å². The molecule has 0 heterocycles. The van der Waals surface area contributed by atoms with Crippen molar-refractivity contribution in [3.8, 4) is 0 Å². The van der Waals surface area contributed by atoms with Crippen LogP contribution in [0.2, 0.25) is 0 Å². The lowest BCUT2D eigenvalue weighted by atomic mass is 10.4. The Bertz CT molecular complexity index is 292. The summed E-state index contributed by atoms with van der Waals surface area (Å²) in [5.41, 5.74) is 0. The van der Waals surface area contributed by atoms with Gasteiger partial charge >= 0.3 is 5.91 Å². The normalized spacial score (nSPS) is 16.3. The lowest BCUT2D eigenvalue weighted by Crippen LogP contribution is -2.28. The molecule has 15 heavy (non-hydrogen) atoms. The van der Waals surface area contributed by atoms with E-state index in [1.165, 1.54) is 6.08 Å². The topological polar surface area (TPSA) is 47.9 Å². The van der Waals surface area contributed by atoms with Gasteiger partial charge in [0.2, 0.25) is 6.08 Å². The lowest BCUT2D eigenvalue weighted by molar-refractivity contribution is -0.170. The molecule has 0 atom stereocenters. The summed E-state index contributed by atoms with van der Waals surface area (Å²) in [4.78, 5) is 13.8. The quantitative estimate of drug-likeness (QED) is 0.304. The summed E-state index contributed by atoms with van der Waals surface area (Å²) in [7, 11) is 0. The van der Waals surface area contributed by atoms with Gasteiger partial charge in [0.25, 0.3) is 0 Å². The average Bonchev–Trinajstić information content (AvgIpc) is 2.17. The zero-order valence-electron chi connectivity index (χ0n) is 9.83. The van der Waals surface area contributed by atoms with Crippen LogP contribution >= 0.6 is 0 Å². The number of rotatable bonds is 5. The van der Waals surface area contributed by atoms with E-state index in [1.807, 2.05) is 13.8 Å². The highest BCUT2D eigenvalue weighted by Crippen LogP contribution is 2.21. The van der Waals surface area contributed by atoms with Crippen LogP contribution in [0, 0.1) is 0 Å². The van der Waals surface area contributed by atoms with Gasteiger partial charge in [0, 0.05) is 6.92 Å². The Morgan fingerprint density at radius 2 is 1.60 bits per heavy atom. The van der Waals surface area contributed by atoms with Crippen LogP contribution in [0.3, 0.4) is 0 Å². The van der Waals surface area contributed by atoms with Crippen LogP contribution in [0.15, 0.2) is 28.7 Å². The van der Waals surface area contributed by atoms with Gasteiger partial charge in [0.05, 0.1) is 11.5 Å². The fraction of sp³-hybridized carbons (Fsp3) is 0.545. The van der Waals surface area contributed by atoms with Crippen molar-refractivity contribution in [2.45, 2.75) is 40.5 Å². The van der Waals surface area contributed by atoms with Gasteiger partial charge in [0.15, 0.2) is 0 Å². The SMILES string of the molecule is CC=C(C)OC(C)(N=C=O)OC(C)=CC. The van der Waals surface area contributed by atoms with Crippen molar-refractivity contribution in [2.24, 2.45) is 4.99 Å². The van der Waals surface area contributed by atoms with Crippen LogP contribution < -0.4 is 0 Å². The maximum atomic E-state index is 10.3. The van der Waals surface area contributed by atoms with Gasteiger partial charge in [-0.1, -0.05) is 0 Å². The number of hydrogen-bond acceptors (Lipinski definition) is 4. The molecular weight excluding hydrogens is 194 g/mol. The van der Waals surface area contributed by atoms with Gasteiger partial charge in [-0.25, -0.2) is 4.79 Å². The van der Waals surface area contributed by atoms with Crippen molar-refractivity contribution < 1.29 is 14.3 Å². The van der Waals surface area contributed by atoms with E-state index in [1.54, 1.807) is 32.9 Å². The van der Waals surface area contributed by atoms with Crippen molar-refractivity contribution in [1.82, 2.24) is 0 Å². The third-order valence-electron chi connectivity index (χ3n) is 1.76. The highest BCUT2D eigenvalue weighted by molar-refractivity contribution is 5.33. The summed E-state index contributed by atoms with van der Waals surface area (Å²) in [5.74, 6) is -0.0876. The predicted molar refractivity (Wildman–Crippen MR) is 57.6 cm³/mol. The van der Waals surface area contributed by atoms with Crippen molar-refractivity contribution in [3.63, 3.8) is 0 Å². The number of hydrogen-bond donors (Lipinski definition) is 0. The molecule has 0 radical (unpaired) electrons. The monoisotopic (exact) mass is 211 g/mol. The van der Waals surface area contributed by atoms with Crippen LogP contribution in [-0.2, 0) is 14.3 Å². The first-order valence-corrected chi connectivity index (χ1v) is 4.70. The first-order valence-electron chi connectivity index (χ1n) is 4.70. The summed E-state index contributed by atoms with van der Waals surface area (Å²) < 4.78 is 10.7. The standard InChI is InChI=1S/C11H17NO3/c1-6-9(3)14-11(5,12-8-13)15-10(4)7-2/h6-7H,1-5H3. The fourth-order valence-corrected chi connectivity index (χ4v) is 0.865. The molecule has 0 unspecified atom stereocenters. The number of isocyanates is 1. The number of carbonyl (C=O) groups excluding carboxylic acids is 1. The molecule has 0 saturated heterocycles. The van der Waals surface area contributed by atoms with E-state index in [-0.39, 0.29) is 0 Å². The molecule has 0 fully saturated rings. The molecule has 0 amide bonds. The van der Waals surface area contributed by atoms with Crippen molar-refractivity contribution in [1.29, 1.82) is 0 Å². The molecule has 0 rings (SSSR count). The summed E-state index contributed by atoms with van der Waals surface area (Å²) in [6.45, 7) is 8.71. The lowest BCUT2D eigenvalue weighted by Gasteiger charge is -2.26. The zero-order valence-corrected chi connectivity index (χ0v) is 9.83. The van der Waals surface area contributed by atoms with E-state index in [4.69, 9.17) is 9.47 Å². The maximum Gasteiger partial charge on any atom is 0.362 e. The molecule has 84 valence electrons.